The number of esters is 1. The summed E-state index contributed by atoms with van der Waals surface area (Å²) >= 11 is 2.80. The Hall–Kier alpha value is -0.620. The van der Waals surface area contributed by atoms with Gasteiger partial charge in [-0.15, -0.1) is 10.2 Å². The largest absolute Gasteiger partial charge is 0.465 e. The molecule has 0 amide bonds. The van der Waals surface area contributed by atoms with Crippen molar-refractivity contribution in [3.8, 4) is 0 Å². The minimum atomic E-state index is -0.213. The summed E-state index contributed by atoms with van der Waals surface area (Å²) < 4.78 is 5.80. The minimum Gasteiger partial charge on any atom is -0.465 e. The van der Waals surface area contributed by atoms with Gasteiger partial charge in [0.1, 0.15) is 10.8 Å². The number of ether oxygens (including phenoxy) is 1. The highest BCUT2D eigenvalue weighted by Gasteiger charge is 2.16. The summed E-state index contributed by atoms with van der Waals surface area (Å²) in [6, 6.07) is 0. The zero-order valence-electron chi connectivity index (χ0n) is 8.10. The van der Waals surface area contributed by atoms with Crippen LogP contribution < -0.4 is 0 Å². The minimum absolute atomic E-state index is 0.188. The molecule has 0 spiro atoms. The van der Waals surface area contributed by atoms with Gasteiger partial charge in [-0.2, -0.15) is 0 Å². The average molecular weight is 232 g/mol. The van der Waals surface area contributed by atoms with Gasteiger partial charge in [0.2, 0.25) is 0 Å². The fourth-order valence-electron chi connectivity index (χ4n) is 0.734. The molecule has 0 N–H and O–H groups in total. The molecule has 0 aliphatic carbocycles. The molecule has 0 aliphatic heterocycles. The van der Waals surface area contributed by atoms with Crippen LogP contribution in [0.4, 0.5) is 0 Å². The van der Waals surface area contributed by atoms with Gasteiger partial charge in [-0.3, -0.25) is 4.79 Å². The monoisotopic (exact) mass is 232 g/mol. The van der Waals surface area contributed by atoms with Crippen molar-refractivity contribution in [1.29, 1.82) is 0 Å². The summed E-state index contributed by atoms with van der Waals surface area (Å²) in [5.74, 6) is -0.188. The highest BCUT2D eigenvalue weighted by atomic mass is 32.2. The molecular formula is C8H12N2O2S2. The number of thioether (sulfide) groups is 1. The van der Waals surface area contributed by atoms with E-state index in [1.165, 1.54) is 23.1 Å². The molecule has 0 saturated heterocycles. The van der Waals surface area contributed by atoms with Crippen LogP contribution in [-0.4, -0.2) is 28.0 Å². The molecule has 4 nitrogen and oxygen atoms in total. The standard InChI is InChI=1S/C8H12N2O2S2/c1-3-4-12-7(11)6(2)14-8-10-9-5-13-8/h5-6H,3-4H2,1-2H3. The van der Waals surface area contributed by atoms with E-state index in [0.717, 1.165) is 10.8 Å². The van der Waals surface area contributed by atoms with E-state index in [0.29, 0.717) is 6.61 Å². The molecule has 1 unspecified atom stereocenters. The lowest BCUT2D eigenvalue weighted by Gasteiger charge is -2.07. The van der Waals surface area contributed by atoms with Gasteiger partial charge in [0.15, 0.2) is 4.34 Å². The summed E-state index contributed by atoms with van der Waals surface area (Å²) in [5, 5.41) is 7.32. The third-order valence-corrected chi connectivity index (χ3v) is 3.29. The second-order valence-corrected chi connectivity index (χ2v) is 5.05. The van der Waals surface area contributed by atoms with Crippen molar-refractivity contribution in [3.63, 3.8) is 0 Å². The summed E-state index contributed by atoms with van der Waals surface area (Å²) in [4.78, 5) is 11.3. The molecule has 0 fully saturated rings. The Labute approximate surface area is 91.1 Å². The van der Waals surface area contributed by atoms with E-state index in [9.17, 15) is 4.79 Å². The Morgan fingerprint density at radius 2 is 2.57 bits per heavy atom. The molecule has 14 heavy (non-hydrogen) atoms. The van der Waals surface area contributed by atoms with Crippen LogP contribution >= 0.6 is 23.1 Å². The van der Waals surface area contributed by atoms with Gasteiger partial charge < -0.3 is 4.74 Å². The molecule has 0 bridgehead atoms. The van der Waals surface area contributed by atoms with E-state index in [2.05, 4.69) is 10.2 Å². The van der Waals surface area contributed by atoms with Crippen LogP contribution in [0, 0.1) is 0 Å². The van der Waals surface area contributed by atoms with Crippen molar-refractivity contribution in [2.75, 3.05) is 6.61 Å². The average Bonchev–Trinajstić information content (AvgIpc) is 2.66. The van der Waals surface area contributed by atoms with Crippen LogP contribution in [-0.2, 0) is 9.53 Å². The van der Waals surface area contributed by atoms with Crippen molar-refractivity contribution < 1.29 is 9.53 Å². The normalized spacial score (nSPS) is 12.4. The maximum atomic E-state index is 11.3. The first-order valence-electron chi connectivity index (χ1n) is 4.33. The fraction of sp³-hybridized carbons (Fsp3) is 0.625. The number of rotatable bonds is 5. The SMILES string of the molecule is CCCOC(=O)C(C)Sc1nncs1. The van der Waals surface area contributed by atoms with Crippen LogP contribution in [0.2, 0.25) is 0 Å². The van der Waals surface area contributed by atoms with E-state index in [-0.39, 0.29) is 11.2 Å². The van der Waals surface area contributed by atoms with Gasteiger partial charge in [-0.25, -0.2) is 0 Å². The van der Waals surface area contributed by atoms with Crippen molar-refractivity contribution in [1.82, 2.24) is 10.2 Å². The number of carbonyl (C=O) groups is 1. The Morgan fingerprint density at radius 1 is 1.79 bits per heavy atom. The van der Waals surface area contributed by atoms with Crippen LogP contribution in [0.15, 0.2) is 9.85 Å². The molecule has 0 radical (unpaired) electrons. The molecule has 1 aromatic rings. The maximum absolute atomic E-state index is 11.3. The van der Waals surface area contributed by atoms with Gasteiger partial charge in [-0.1, -0.05) is 30.0 Å². The second kappa shape index (κ2) is 5.98. The Balaban J connectivity index is 2.34. The Morgan fingerprint density at radius 3 is 3.14 bits per heavy atom. The zero-order chi connectivity index (χ0) is 10.4. The van der Waals surface area contributed by atoms with Gasteiger partial charge in [0.25, 0.3) is 0 Å². The van der Waals surface area contributed by atoms with Crippen molar-refractivity contribution in [2.24, 2.45) is 0 Å². The fourth-order valence-corrected chi connectivity index (χ4v) is 2.36. The number of nitrogens with zero attached hydrogens (tertiary/aromatic N) is 2. The second-order valence-electron chi connectivity index (χ2n) is 2.63. The lowest BCUT2D eigenvalue weighted by Crippen LogP contribution is -2.17. The maximum Gasteiger partial charge on any atom is 0.319 e. The lowest BCUT2D eigenvalue weighted by atomic mass is 10.5. The summed E-state index contributed by atoms with van der Waals surface area (Å²) in [5.41, 5.74) is 1.65. The molecule has 1 rings (SSSR count). The molecular weight excluding hydrogens is 220 g/mol. The van der Waals surface area contributed by atoms with Gasteiger partial charge in [0.05, 0.1) is 6.61 Å². The summed E-state index contributed by atoms with van der Waals surface area (Å²) in [6.07, 6.45) is 0.849. The summed E-state index contributed by atoms with van der Waals surface area (Å²) in [7, 11) is 0. The number of hydrogen-bond donors (Lipinski definition) is 0. The van der Waals surface area contributed by atoms with E-state index < -0.39 is 0 Å². The number of carbonyl (C=O) groups excluding carboxylic acids is 1. The van der Waals surface area contributed by atoms with E-state index in [1.807, 2.05) is 13.8 Å². The summed E-state index contributed by atoms with van der Waals surface area (Å²) in [6.45, 7) is 4.26. The first kappa shape index (κ1) is 11.5. The van der Waals surface area contributed by atoms with Crippen molar-refractivity contribution in [2.45, 2.75) is 29.9 Å². The van der Waals surface area contributed by atoms with Gasteiger partial charge in [0, 0.05) is 0 Å². The van der Waals surface area contributed by atoms with E-state index >= 15 is 0 Å². The number of hydrogen-bond acceptors (Lipinski definition) is 6. The van der Waals surface area contributed by atoms with Gasteiger partial charge in [-0.05, 0) is 13.3 Å². The first-order valence-corrected chi connectivity index (χ1v) is 6.09. The van der Waals surface area contributed by atoms with E-state index in [1.54, 1.807) is 5.51 Å². The predicted molar refractivity (Wildman–Crippen MR) is 56.5 cm³/mol. The lowest BCUT2D eigenvalue weighted by molar-refractivity contribution is -0.142. The Bertz CT molecular complexity index is 277. The van der Waals surface area contributed by atoms with Crippen molar-refractivity contribution >= 4 is 29.1 Å². The molecule has 0 saturated carbocycles. The molecule has 0 aromatic carbocycles. The molecule has 1 heterocycles. The van der Waals surface area contributed by atoms with Crippen molar-refractivity contribution in [3.05, 3.63) is 5.51 Å². The highest BCUT2D eigenvalue weighted by Crippen LogP contribution is 2.24. The third kappa shape index (κ3) is 3.63. The Kier molecular flexibility index (Phi) is 4.89. The van der Waals surface area contributed by atoms with E-state index in [4.69, 9.17) is 4.74 Å². The molecule has 6 heteroatoms. The smallest absolute Gasteiger partial charge is 0.319 e. The zero-order valence-corrected chi connectivity index (χ0v) is 9.73. The van der Waals surface area contributed by atoms with Crippen LogP contribution in [0.5, 0.6) is 0 Å². The molecule has 0 aliphatic rings. The highest BCUT2D eigenvalue weighted by molar-refractivity contribution is 8.02. The van der Waals surface area contributed by atoms with Crippen LogP contribution in [0.3, 0.4) is 0 Å². The number of aromatic nitrogens is 2. The first-order chi connectivity index (χ1) is 6.74. The molecule has 1 aromatic heterocycles. The topological polar surface area (TPSA) is 52.1 Å². The predicted octanol–water partition coefficient (Wildman–Crippen LogP) is 1.97. The van der Waals surface area contributed by atoms with Crippen LogP contribution in [0.1, 0.15) is 20.3 Å². The molecule has 1 atom stereocenters. The molecule has 78 valence electrons. The van der Waals surface area contributed by atoms with Gasteiger partial charge >= 0.3 is 5.97 Å². The third-order valence-electron chi connectivity index (χ3n) is 1.40. The van der Waals surface area contributed by atoms with Crippen LogP contribution in [0.25, 0.3) is 0 Å². The quantitative estimate of drug-likeness (QED) is 0.574.